The summed E-state index contributed by atoms with van der Waals surface area (Å²) in [5, 5.41) is 4.50. The molecular weight excluding hydrogens is 421 g/mol. The number of halogens is 2. The van der Waals surface area contributed by atoms with Crippen LogP contribution in [0.25, 0.3) is 16.7 Å². The van der Waals surface area contributed by atoms with Crippen molar-refractivity contribution < 1.29 is 9.59 Å². The minimum atomic E-state index is -1.25. The maximum absolute atomic E-state index is 13.7. The third-order valence-electron chi connectivity index (χ3n) is 4.93. The number of pyridine rings is 1. The highest BCUT2D eigenvalue weighted by Crippen LogP contribution is 2.32. The normalized spacial score (nSPS) is 17.3. The van der Waals surface area contributed by atoms with Gasteiger partial charge in [-0.1, -0.05) is 41.4 Å². The second-order valence-corrected chi connectivity index (χ2v) is 7.95. The molecular formula is C23H17Cl2N3O2. The highest BCUT2D eigenvalue weighted by Gasteiger charge is 2.39. The van der Waals surface area contributed by atoms with E-state index in [4.69, 9.17) is 23.2 Å². The molecule has 5 nitrogen and oxygen atoms in total. The average Bonchev–Trinajstić information content (AvgIpc) is 2.98. The number of rotatable bonds is 4. The number of Topliss-reactive ketones (excluding diaryl/α,β-unsaturated/α-hetero) is 1. The molecule has 0 aliphatic carbocycles. The topological polar surface area (TPSA) is 71.4 Å². The maximum atomic E-state index is 13.7. The standard InChI is InChI=1S/C23H17Cl2N3O2/c1-13(29)27-23(2)21(22(30)20-17(24)6-3-7-18(20)25)16-11-14(8-9-19(16)28-23)15-5-4-10-26-12-15/h3-12H,1-2H3,(H,27,29). The van der Waals surface area contributed by atoms with Crippen molar-refractivity contribution in [2.45, 2.75) is 19.5 Å². The van der Waals surface area contributed by atoms with Crippen molar-refractivity contribution in [1.82, 2.24) is 10.3 Å². The van der Waals surface area contributed by atoms with Crippen LogP contribution in [0.2, 0.25) is 10.0 Å². The molecule has 1 aliphatic rings. The van der Waals surface area contributed by atoms with Crippen LogP contribution in [0.5, 0.6) is 0 Å². The third-order valence-corrected chi connectivity index (χ3v) is 5.56. The van der Waals surface area contributed by atoms with Gasteiger partial charge >= 0.3 is 0 Å². The number of nitrogens with one attached hydrogen (secondary N) is 1. The van der Waals surface area contributed by atoms with Crippen molar-refractivity contribution in [3.63, 3.8) is 0 Å². The number of hydrogen-bond acceptors (Lipinski definition) is 4. The lowest BCUT2D eigenvalue weighted by molar-refractivity contribution is -0.120. The van der Waals surface area contributed by atoms with Gasteiger partial charge in [-0.05, 0) is 42.8 Å². The molecule has 1 N–H and O–H groups in total. The minimum Gasteiger partial charge on any atom is -0.328 e. The Morgan fingerprint density at radius 1 is 1.00 bits per heavy atom. The predicted octanol–water partition coefficient (Wildman–Crippen LogP) is 3.57. The summed E-state index contributed by atoms with van der Waals surface area (Å²) in [5.74, 6) is -0.690. The first-order valence-electron chi connectivity index (χ1n) is 9.23. The molecule has 1 amide bonds. The fraction of sp³-hybridized carbons (Fsp3) is 0.130. The van der Waals surface area contributed by atoms with Crippen LogP contribution in [0.3, 0.4) is 0 Å². The van der Waals surface area contributed by atoms with Crippen molar-refractivity contribution in [1.29, 1.82) is 0 Å². The number of amides is 1. The molecule has 1 aromatic heterocycles. The Labute approximate surface area is 183 Å². The number of hydrogen-bond donors (Lipinski definition) is 1. The molecule has 0 fully saturated rings. The molecule has 30 heavy (non-hydrogen) atoms. The number of aromatic nitrogens is 1. The molecule has 1 atom stereocenters. The van der Waals surface area contributed by atoms with Crippen LogP contribution in [-0.4, -0.2) is 22.3 Å². The monoisotopic (exact) mass is 437 g/mol. The van der Waals surface area contributed by atoms with Crippen LogP contribution in [-0.2, 0) is 4.79 Å². The van der Waals surface area contributed by atoms with E-state index in [2.05, 4.69) is 15.3 Å². The van der Waals surface area contributed by atoms with Crippen molar-refractivity contribution in [3.8, 4) is 11.1 Å². The molecule has 2 heterocycles. The highest BCUT2D eigenvalue weighted by atomic mass is 35.5. The van der Waals surface area contributed by atoms with Crippen LogP contribution in [0.15, 0.2) is 65.9 Å². The molecule has 7 heteroatoms. The fourth-order valence-corrected chi connectivity index (χ4v) is 4.29. The lowest BCUT2D eigenvalue weighted by Crippen LogP contribution is -2.46. The Morgan fingerprint density at radius 2 is 1.73 bits per heavy atom. The number of fused-ring (bicyclic) bond motifs is 1. The summed E-state index contributed by atoms with van der Waals surface area (Å²) >= 11 is 12.6. The number of benzene rings is 2. The Morgan fingerprint density at radius 3 is 2.37 bits per heavy atom. The SMILES string of the molecule is CC(=O)NC1(C)N=c2ccc(-c3cccnc3)cc2=C1C(=O)c1c(Cl)cccc1Cl. The minimum absolute atomic E-state index is 0.183. The van der Waals surface area contributed by atoms with Gasteiger partial charge in [-0.15, -0.1) is 0 Å². The van der Waals surface area contributed by atoms with Gasteiger partial charge in [0.15, 0.2) is 11.4 Å². The first-order valence-corrected chi connectivity index (χ1v) is 9.98. The van der Waals surface area contributed by atoms with Crippen LogP contribution in [0.4, 0.5) is 0 Å². The molecule has 150 valence electrons. The third kappa shape index (κ3) is 3.51. The van der Waals surface area contributed by atoms with Gasteiger partial charge in [0, 0.05) is 30.1 Å². The van der Waals surface area contributed by atoms with Crippen molar-refractivity contribution >= 4 is 40.5 Å². The molecule has 4 rings (SSSR count). The summed E-state index contributed by atoms with van der Waals surface area (Å²) in [7, 11) is 0. The van der Waals surface area contributed by atoms with E-state index in [0.29, 0.717) is 16.1 Å². The Bertz CT molecular complexity index is 1290. The lowest BCUT2D eigenvalue weighted by atomic mass is 9.92. The number of nitrogens with zero attached hydrogens (tertiary/aromatic N) is 2. The summed E-state index contributed by atoms with van der Waals surface area (Å²) in [6.07, 6.45) is 3.44. The maximum Gasteiger partial charge on any atom is 0.218 e. The summed E-state index contributed by atoms with van der Waals surface area (Å²) in [5.41, 5.74) is 1.02. The lowest BCUT2D eigenvalue weighted by Gasteiger charge is -2.26. The van der Waals surface area contributed by atoms with Gasteiger partial charge < -0.3 is 5.32 Å². The van der Waals surface area contributed by atoms with Crippen molar-refractivity contribution in [2.24, 2.45) is 4.99 Å². The van der Waals surface area contributed by atoms with E-state index in [-0.39, 0.29) is 27.3 Å². The van der Waals surface area contributed by atoms with Crippen molar-refractivity contribution in [3.05, 3.63) is 87.1 Å². The molecule has 0 saturated carbocycles. The zero-order valence-corrected chi connectivity index (χ0v) is 17.8. The van der Waals surface area contributed by atoms with E-state index in [0.717, 1.165) is 11.1 Å². The molecule has 3 aromatic rings. The van der Waals surface area contributed by atoms with Gasteiger partial charge in [-0.3, -0.25) is 19.6 Å². The number of ketones is 1. The second-order valence-electron chi connectivity index (χ2n) is 7.14. The quantitative estimate of drug-likeness (QED) is 0.634. The smallest absolute Gasteiger partial charge is 0.218 e. The van der Waals surface area contributed by atoms with E-state index < -0.39 is 5.66 Å². The van der Waals surface area contributed by atoms with Crippen LogP contribution in [0.1, 0.15) is 24.2 Å². The molecule has 0 bridgehead atoms. The molecule has 0 saturated heterocycles. The number of carbonyl (C=O) groups is 2. The van der Waals surface area contributed by atoms with E-state index in [1.165, 1.54) is 6.92 Å². The van der Waals surface area contributed by atoms with Gasteiger partial charge in [-0.2, -0.15) is 0 Å². The van der Waals surface area contributed by atoms with E-state index in [9.17, 15) is 9.59 Å². The predicted molar refractivity (Wildman–Crippen MR) is 117 cm³/mol. The van der Waals surface area contributed by atoms with Crippen LogP contribution >= 0.6 is 23.2 Å². The summed E-state index contributed by atoms with van der Waals surface area (Å²) in [6.45, 7) is 3.07. The summed E-state index contributed by atoms with van der Waals surface area (Å²) < 4.78 is 0. The summed E-state index contributed by atoms with van der Waals surface area (Å²) in [6, 6.07) is 14.3. The van der Waals surface area contributed by atoms with Gasteiger partial charge in [-0.25, -0.2) is 0 Å². The molecule has 0 radical (unpaired) electrons. The molecule has 0 spiro atoms. The average molecular weight is 438 g/mol. The fourth-order valence-electron chi connectivity index (χ4n) is 3.72. The zero-order chi connectivity index (χ0) is 21.5. The van der Waals surface area contributed by atoms with Crippen LogP contribution < -0.4 is 15.9 Å². The second kappa shape index (κ2) is 7.67. The van der Waals surface area contributed by atoms with Gasteiger partial charge in [0.05, 0.1) is 26.5 Å². The first-order chi connectivity index (χ1) is 14.3. The van der Waals surface area contributed by atoms with E-state index in [1.54, 1.807) is 37.5 Å². The first kappa shape index (κ1) is 20.3. The highest BCUT2D eigenvalue weighted by molar-refractivity contribution is 6.44. The summed E-state index contributed by atoms with van der Waals surface area (Å²) in [4.78, 5) is 34.4. The molecule has 2 aromatic carbocycles. The Balaban J connectivity index is 2.01. The van der Waals surface area contributed by atoms with E-state index in [1.807, 2.05) is 30.3 Å². The van der Waals surface area contributed by atoms with Gasteiger partial charge in [0.1, 0.15) is 0 Å². The largest absolute Gasteiger partial charge is 0.328 e. The number of carbonyl (C=O) groups excluding carboxylic acids is 2. The van der Waals surface area contributed by atoms with Crippen molar-refractivity contribution in [2.75, 3.05) is 0 Å². The van der Waals surface area contributed by atoms with E-state index >= 15 is 0 Å². The van der Waals surface area contributed by atoms with Gasteiger partial charge in [0.25, 0.3) is 0 Å². The Kier molecular flexibility index (Phi) is 5.18. The molecule has 1 aliphatic heterocycles. The Hall–Kier alpha value is -3.02. The zero-order valence-electron chi connectivity index (χ0n) is 16.2. The van der Waals surface area contributed by atoms with Gasteiger partial charge in [0.2, 0.25) is 5.91 Å². The van der Waals surface area contributed by atoms with Crippen LogP contribution in [0, 0.1) is 0 Å². The molecule has 1 unspecified atom stereocenters.